The summed E-state index contributed by atoms with van der Waals surface area (Å²) < 4.78 is 12.4. The van der Waals surface area contributed by atoms with Gasteiger partial charge in [0, 0.05) is 25.8 Å². The molecule has 122 valence electrons. The molecule has 0 aliphatic carbocycles. The molecule has 0 fully saturated rings. The van der Waals surface area contributed by atoms with Crippen molar-refractivity contribution >= 4 is 5.91 Å². The number of aryl methyl sites for hydroxylation is 1. The summed E-state index contributed by atoms with van der Waals surface area (Å²) in [6.07, 6.45) is 2.48. The first-order chi connectivity index (χ1) is 11.2. The molecule has 0 N–H and O–H groups in total. The van der Waals surface area contributed by atoms with Crippen LogP contribution in [-0.4, -0.2) is 41.4 Å². The average Bonchev–Trinajstić information content (AvgIpc) is 3.07. The normalized spacial score (nSPS) is 13.6. The molecule has 0 saturated heterocycles. The van der Waals surface area contributed by atoms with Crippen LogP contribution < -0.4 is 9.47 Å². The van der Waals surface area contributed by atoms with Crippen molar-refractivity contribution in [1.82, 2.24) is 14.7 Å². The Labute approximate surface area is 135 Å². The topological polar surface area (TPSA) is 56.6 Å². The second kappa shape index (κ2) is 6.32. The van der Waals surface area contributed by atoms with E-state index in [0.29, 0.717) is 31.1 Å². The summed E-state index contributed by atoms with van der Waals surface area (Å²) in [6, 6.07) is 5.74. The largest absolute Gasteiger partial charge is 0.493 e. The van der Waals surface area contributed by atoms with E-state index >= 15 is 0 Å². The van der Waals surface area contributed by atoms with Crippen LogP contribution in [0.2, 0.25) is 0 Å². The van der Waals surface area contributed by atoms with Gasteiger partial charge in [-0.3, -0.25) is 9.48 Å². The van der Waals surface area contributed by atoms with Crippen LogP contribution in [0.15, 0.2) is 24.4 Å². The molecule has 6 nitrogen and oxygen atoms in total. The fraction of sp³-hybridized carbons (Fsp3) is 0.412. The van der Waals surface area contributed by atoms with E-state index in [-0.39, 0.29) is 5.91 Å². The van der Waals surface area contributed by atoms with Gasteiger partial charge in [0.15, 0.2) is 11.5 Å². The Hall–Kier alpha value is -2.50. The van der Waals surface area contributed by atoms with Crippen LogP contribution in [0.3, 0.4) is 0 Å². The van der Waals surface area contributed by atoms with Crippen molar-refractivity contribution in [2.45, 2.75) is 26.4 Å². The fourth-order valence-electron chi connectivity index (χ4n) is 2.98. The van der Waals surface area contributed by atoms with Gasteiger partial charge < -0.3 is 14.4 Å². The van der Waals surface area contributed by atoms with E-state index in [1.54, 1.807) is 31.2 Å². The predicted molar refractivity (Wildman–Crippen MR) is 85.9 cm³/mol. The molecule has 0 saturated carbocycles. The minimum atomic E-state index is 0.0183. The molecule has 3 rings (SSSR count). The Morgan fingerprint density at radius 3 is 2.57 bits per heavy atom. The van der Waals surface area contributed by atoms with Crippen LogP contribution in [0.4, 0.5) is 0 Å². The standard InChI is InChI=1S/C17H21N3O3/c1-4-20-14(5-7-18-20)17(21)19-8-6-12-9-15(22-2)16(23-3)10-13(12)11-19/h5,7,9-10H,4,6,8,11H2,1-3H3. The summed E-state index contributed by atoms with van der Waals surface area (Å²) in [7, 11) is 3.25. The quantitative estimate of drug-likeness (QED) is 0.867. The number of hydrogen-bond acceptors (Lipinski definition) is 4. The number of nitrogens with zero attached hydrogens (tertiary/aromatic N) is 3. The maximum absolute atomic E-state index is 12.7. The molecule has 0 radical (unpaired) electrons. The third kappa shape index (κ3) is 2.76. The van der Waals surface area contributed by atoms with E-state index in [1.807, 2.05) is 24.0 Å². The number of hydrogen-bond donors (Lipinski definition) is 0. The van der Waals surface area contributed by atoms with Gasteiger partial charge in [0.2, 0.25) is 0 Å². The van der Waals surface area contributed by atoms with Crippen molar-refractivity contribution < 1.29 is 14.3 Å². The van der Waals surface area contributed by atoms with Gasteiger partial charge in [-0.25, -0.2) is 0 Å². The van der Waals surface area contributed by atoms with Crippen LogP contribution in [0.25, 0.3) is 0 Å². The van der Waals surface area contributed by atoms with E-state index < -0.39 is 0 Å². The summed E-state index contributed by atoms with van der Waals surface area (Å²) in [6.45, 7) is 3.93. The molecule has 0 spiro atoms. The first kappa shape index (κ1) is 15.4. The smallest absolute Gasteiger partial charge is 0.272 e. The maximum atomic E-state index is 12.7. The molecule has 0 atom stereocenters. The molecule has 6 heteroatoms. The average molecular weight is 315 g/mol. The SMILES string of the molecule is CCn1nccc1C(=O)N1CCc2cc(OC)c(OC)cc2C1. The van der Waals surface area contributed by atoms with Gasteiger partial charge in [0.25, 0.3) is 5.91 Å². The van der Waals surface area contributed by atoms with Crippen molar-refractivity contribution in [2.24, 2.45) is 0 Å². The van der Waals surface area contributed by atoms with Gasteiger partial charge in [0.1, 0.15) is 5.69 Å². The van der Waals surface area contributed by atoms with E-state index in [0.717, 1.165) is 17.7 Å². The van der Waals surface area contributed by atoms with E-state index in [2.05, 4.69) is 5.10 Å². The van der Waals surface area contributed by atoms with Crippen molar-refractivity contribution in [3.05, 3.63) is 41.2 Å². The highest BCUT2D eigenvalue weighted by molar-refractivity contribution is 5.92. The highest BCUT2D eigenvalue weighted by Gasteiger charge is 2.25. The zero-order valence-electron chi connectivity index (χ0n) is 13.7. The molecule has 1 aromatic carbocycles. The lowest BCUT2D eigenvalue weighted by molar-refractivity contribution is 0.0722. The molecule has 0 unspecified atom stereocenters. The first-order valence-electron chi connectivity index (χ1n) is 7.72. The number of methoxy groups -OCH3 is 2. The number of rotatable bonds is 4. The van der Waals surface area contributed by atoms with Gasteiger partial charge in [-0.2, -0.15) is 5.10 Å². The lowest BCUT2D eigenvalue weighted by Gasteiger charge is -2.29. The fourth-order valence-corrected chi connectivity index (χ4v) is 2.98. The second-order valence-electron chi connectivity index (χ2n) is 5.48. The summed E-state index contributed by atoms with van der Waals surface area (Å²) in [5, 5.41) is 4.18. The Kier molecular flexibility index (Phi) is 4.23. The number of ether oxygens (including phenoxy) is 2. The summed E-state index contributed by atoms with van der Waals surface area (Å²) >= 11 is 0. The van der Waals surface area contributed by atoms with Gasteiger partial charge in [-0.1, -0.05) is 0 Å². The van der Waals surface area contributed by atoms with Gasteiger partial charge in [-0.05, 0) is 42.7 Å². The predicted octanol–water partition coefficient (Wildman–Crippen LogP) is 2.12. The molecule has 1 amide bonds. The third-order valence-corrected chi connectivity index (χ3v) is 4.24. The van der Waals surface area contributed by atoms with Gasteiger partial charge in [-0.15, -0.1) is 0 Å². The minimum Gasteiger partial charge on any atom is -0.493 e. The number of fused-ring (bicyclic) bond motifs is 1. The maximum Gasteiger partial charge on any atom is 0.272 e. The number of carbonyl (C=O) groups excluding carboxylic acids is 1. The number of aromatic nitrogens is 2. The second-order valence-corrected chi connectivity index (χ2v) is 5.48. The van der Waals surface area contributed by atoms with Gasteiger partial charge >= 0.3 is 0 Å². The van der Waals surface area contributed by atoms with Crippen molar-refractivity contribution in [1.29, 1.82) is 0 Å². The number of amides is 1. The van der Waals surface area contributed by atoms with Crippen LogP contribution >= 0.6 is 0 Å². The Morgan fingerprint density at radius 1 is 1.22 bits per heavy atom. The summed E-state index contributed by atoms with van der Waals surface area (Å²) in [5.41, 5.74) is 2.94. The van der Waals surface area contributed by atoms with E-state index in [4.69, 9.17) is 9.47 Å². The summed E-state index contributed by atoms with van der Waals surface area (Å²) in [5.74, 6) is 1.44. The minimum absolute atomic E-state index is 0.0183. The molecular formula is C17H21N3O3. The molecule has 2 aromatic rings. The lowest BCUT2D eigenvalue weighted by atomic mass is 9.98. The highest BCUT2D eigenvalue weighted by Crippen LogP contribution is 2.33. The van der Waals surface area contributed by atoms with Gasteiger partial charge in [0.05, 0.1) is 14.2 Å². The molecule has 1 aromatic heterocycles. The molecule has 0 bridgehead atoms. The Balaban J connectivity index is 1.86. The Morgan fingerprint density at radius 2 is 1.91 bits per heavy atom. The molecular weight excluding hydrogens is 294 g/mol. The van der Waals surface area contributed by atoms with Crippen LogP contribution in [0, 0.1) is 0 Å². The molecule has 1 aliphatic heterocycles. The number of carbonyl (C=O) groups is 1. The first-order valence-corrected chi connectivity index (χ1v) is 7.72. The van der Waals surface area contributed by atoms with E-state index in [9.17, 15) is 4.79 Å². The Bertz CT molecular complexity index is 724. The van der Waals surface area contributed by atoms with Crippen LogP contribution in [0.5, 0.6) is 11.5 Å². The highest BCUT2D eigenvalue weighted by atomic mass is 16.5. The molecule has 23 heavy (non-hydrogen) atoms. The lowest BCUT2D eigenvalue weighted by Crippen LogP contribution is -2.37. The van der Waals surface area contributed by atoms with Crippen molar-refractivity contribution in [2.75, 3.05) is 20.8 Å². The zero-order valence-corrected chi connectivity index (χ0v) is 13.7. The zero-order chi connectivity index (χ0) is 16.4. The van der Waals surface area contributed by atoms with Crippen LogP contribution in [-0.2, 0) is 19.5 Å². The van der Waals surface area contributed by atoms with Crippen molar-refractivity contribution in [3.8, 4) is 11.5 Å². The summed E-state index contributed by atoms with van der Waals surface area (Å²) in [4.78, 5) is 14.6. The van der Waals surface area contributed by atoms with Crippen LogP contribution in [0.1, 0.15) is 28.5 Å². The molecule has 1 aliphatic rings. The number of benzene rings is 1. The van der Waals surface area contributed by atoms with E-state index in [1.165, 1.54) is 5.56 Å². The van der Waals surface area contributed by atoms with Crippen molar-refractivity contribution in [3.63, 3.8) is 0 Å². The monoisotopic (exact) mass is 315 g/mol. The molecule has 2 heterocycles. The third-order valence-electron chi connectivity index (χ3n) is 4.24.